The van der Waals surface area contributed by atoms with Crippen LogP contribution in [0.3, 0.4) is 0 Å². The Morgan fingerprint density at radius 3 is 2.29 bits per heavy atom. The molecule has 5 heteroatoms. The number of hydrogen-bond donors (Lipinski definition) is 2. The Balaban J connectivity index is 2.41. The van der Waals surface area contributed by atoms with Gasteiger partial charge in [0.25, 0.3) is 0 Å². The summed E-state index contributed by atoms with van der Waals surface area (Å²) in [6.45, 7) is 5.34. The van der Waals surface area contributed by atoms with Crippen LogP contribution in [0, 0.1) is 0 Å². The van der Waals surface area contributed by atoms with Gasteiger partial charge in [0.1, 0.15) is 17.1 Å². The number of nitrogens with two attached hydrogens (primary N) is 1. The van der Waals surface area contributed by atoms with Gasteiger partial charge in [-0.3, -0.25) is 9.59 Å². The van der Waals surface area contributed by atoms with E-state index in [1.807, 2.05) is 0 Å². The molecular weight excluding hydrogens is 270 g/mol. The second kappa shape index (κ2) is 7.22. The van der Waals surface area contributed by atoms with Gasteiger partial charge in [-0.25, -0.2) is 0 Å². The van der Waals surface area contributed by atoms with Crippen LogP contribution < -0.4 is 5.73 Å². The van der Waals surface area contributed by atoms with E-state index in [9.17, 15) is 14.7 Å². The molecule has 0 saturated heterocycles. The van der Waals surface area contributed by atoms with E-state index in [0.29, 0.717) is 6.42 Å². The predicted molar refractivity (Wildman–Crippen MR) is 79.9 cm³/mol. The molecule has 0 fully saturated rings. The first-order valence-corrected chi connectivity index (χ1v) is 6.95. The summed E-state index contributed by atoms with van der Waals surface area (Å²) in [7, 11) is 0. The van der Waals surface area contributed by atoms with Gasteiger partial charge in [0.05, 0.1) is 12.5 Å². The first-order chi connectivity index (χ1) is 9.67. The molecular formula is C16H23NO4. The van der Waals surface area contributed by atoms with E-state index in [1.54, 1.807) is 45.0 Å². The Labute approximate surface area is 125 Å². The summed E-state index contributed by atoms with van der Waals surface area (Å²) in [5.41, 5.74) is 6.16. The highest BCUT2D eigenvalue weighted by molar-refractivity contribution is 5.87. The second-order valence-corrected chi connectivity index (χ2v) is 6.03. The van der Waals surface area contributed by atoms with Crippen LogP contribution in [0.4, 0.5) is 0 Å². The molecule has 5 nitrogen and oxygen atoms in total. The highest BCUT2D eigenvalue weighted by atomic mass is 16.6. The second-order valence-electron chi connectivity index (χ2n) is 6.03. The minimum Gasteiger partial charge on any atom is -0.508 e. The van der Waals surface area contributed by atoms with Crippen LogP contribution >= 0.6 is 0 Å². The molecule has 0 aliphatic carbocycles. The predicted octanol–water partition coefficient (Wildman–Crippen LogP) is 1.95. The molecule has 0 heterocycles. The zero-order valence-corrected chi connectivity index (χ0v) is 12.8. The van der Waals surface area contributed by atoms with Gasteiger partial charge in [-0.05, 0) is 44.9 Å². The molecule has 1 atom stereocenters. The highest BCUT2D eigenvalue weighted by Crippen LogP contribution is 2.13. The maximum atomic E-state index is 11.9. The molecule has 0 saturated carbocycles. The fourth-order valence-corrected chi connectivity index (χ4v) is 1.80. The summed E-state index contributed by atoms with van der Waals surface area (Å²) in [6.07, 6.45) is 0.501. The number of carbonyl (C=O) groups is 2. The molecule has 0 unspecified atom stereocenters. The van der Waals surface area contributed by atoms with Crippen molar-refractivity contribution in [3.63, 3.8) is 0 Å². The van der Waals surface area contributed by atoms with Crippen molar-refractivity contribution in [2.45, 2.75) is 51.7 Å². The van der Waals surface area contributed by atoms with Crippen molar-refractivity contribution < 1.29 is 19.4 Å². The van der Waals surface area contributed by atoms with Crippen LogP contribution in [0.25, 0.3) is 0 Å². The number of carbonyl (C=O) groups excluding carboxylic acids is 2. The van der Waals surface area contributed by atoms with E-state index in [-0.39, 0.29) is 24.4 Å². The summed E-state index contributed by atoms with van der Waals surface area (Å²) >= 11 is 0. The summed E-state index contributed by atoms with van der Waals surface area (Å²) < 4.78 is 5.14. The Bertz CT molecular complexity index is 488. The molecule has 1 rings (SSSR count). The minimum absolute atomic E-state index is 0.0411. The standard InChI is InChI=1S/C16H23NO4/c1-16(2,3)21-15(20)9-8-14(19)13(17)10-11-4-6-12(18)7-5-11/h4-7,13,18H,8-10,17H2,1-3H3/t13-/m0/s1. The summed E-state index contributed by atoms with van der Waals surface area (Å²) in [6, 6.07) is 5.88. The largest absolute Gasteiger partial charge is 0.508 e. The van der Waals surface area contributed by atoms with Crippen molar-refractivity contribution in [2.24, 2.45) is 5.73 Å². The summed E-state index contributed by atoms with van der Waals surface area (Å²) in [5, 5.41) is 9.19. The number of phenols is 1. The maximum absolute atomic E-state index is 11.9. The van der Waals surface area contributed by atoms with Gasteiger partial charge >= 0.3 is 5.97 Å². The zero-order chi connectivity index (χ0) is 16.0. The van der Waals surface area contributed by atoms with Crippen LogP contribution in [0.1, 0.15) is 39.2 Å². The Morgan fingerprint density at radius 1 is 1.19 bits per heavy atom. The lowest BCUT2D eigenvalue weighted by Crippen LogP contribution is -2.33. The van der Waals surface area contributed by atoms with Crippen molar-refractivity contribution in [1.29, 1.82) is 0 Å². The van der Waals surface area contributed by atoms with Gasteiger partial charge in [-0.1, -0.05) is 12.1 Å². The maximum Gasteiger partial charge on any atom is 0.306 e. The molecule has 0 radical (unpaired) electrons. The van der Waals surface area contributed by atoms with E-state index in [4.69, 9.17) is 10.5 Å². The van der Waals surface area contributed by atoms with Crippen molar-refractivity contribution in [2.75, 3.05) is 0 Å². The van der Waals surface area contributed by atoms with E-state index >= 15 is 0 Å². The van der Waals surface area contributed by atoms with Crippen molar-refractivity contribution in [3.05, 3.63) is 29.8 Å². The average molecular weight is 293 g/mol. The van der Waals surface area contributed by atoms with Gasteiger partial charge in [0, 0.05) is 6.42 Å². The third-order valence-corrected chi connectivity index (χ3v) is 2.80. The quantitative estimate of drug-likeness (QED) is 0.782. The molecule has 116 valence electrons. The van der Waals surface area contributed by atoms with Crippen LogP contribution in [0.2, 0.25) is 0 Å². The SMILES string of the molecule is CC(C)(C)OC(=O)CCC(=O)[C@@H](N)Cc1ccc(O)cc1. The number of aromatic hydroxyl groups is 1. The number of ketones is 1. The third-order valence-electron chi connectivity index (χ3n) is 2.80. The third kappa shape index (κ3) is 6.90. The number of benzene rings is 1. The Kier molecular flexibility index (Phi) is 5.90. The molecule has 0 bridgehead atoms. The van der Waals surface area contributed by atoms with Gasteiger partial charge < -0.3 is 15.6 Å². The number of rotatable bonds is 6. The van der Waals surface area contributed by atoms with Crippen molar-refractivity contribution >= 4 is 11.8 Å². The lowest BCUT2D eigenvalue weighted by Gasteiger charge is -2.19. The van der Waals surface area contributed by atoms with Gasteiger partial charge in [0.2, 0.25) is 0 Å². The first kappa shape index (κ1) is 17.2. The molecule has 1 aromatic rings. The Hall–Kier alpha value is -1.88. The molecule has 0 aromatic heterocycles. The number of ether oxygens (including phenoxy) is 1. The fraction of sp³-hybridized carbons (Fsp3) is 0.500. The van der Waals surface area contributed by atoms with E-state index in [2.05, 4.69) is 0 Å². The fourth-order valence-electron chi connectivity index (χ4n) is 1.80. The highest BCUT2D eigenvalue weighted by Gasteiger charge is 2.19. The van der Waals surface area contributed by atoms with E-state index in [0.717, 1.165) is 5.56 Å². The number of phenolic OH excluding ortho intramolecular Hbond substituents is 1. The van der Waals surface area contributed by atoms with Crippen LogP contribution in [-0.2, 0) is 20.7 Å². The van der Waals surface area contributed by atoms with Gasteiger partial charge in [0.15, 0.2) is 0 Å². The molecule has 3 N–H and O–H groups in total. The topological polar surface area (TPSA) is 89.6 Å². The molecule has 0 aliphatic rings. The number of hydrogen-bond acceptors (Lipinski definition) is 5. The molecule has 0 aliphatic heterocycles. The monoisotopic (exact) mass is 293 g/mol. The van der Waals surface area contributed by atoms with Crippen molar-refractivity contribution in [3.8, 4) is 5.75 Å². The van der Waals surface area contributed by atoms with Crippen LogP contribution in [0.5, 0.6) is 5.75 Å². The smallest absolute Gasteiger partial charge is 0.306 e. The van der Waals surface area contributed by atoms with Crippen LogP contribution in [0.15, 0.2) is 24.3 Å². The van der Waals surface area contributed by atoms with E-state index < -0.39 is 17.6 Å². The van der Waals surface area contributed by atoms with Crippen LogP contribution in [-0.4, -0.2) is 28.5 Å². The first-order valence-electron chi connectivity index (χ1n) is 6.95. The number of Topliss-reactive ketones (excluding diaryl/α,β-unsaturated/α-hetero) is 1. The van der Waals surface area contributed by atoms with E-state index in [1.165, 1.54) is 0 Å². The minimum atomic E-state index is -0.656. The lowest BCUT2D eigenvalue weighted by atomic mass is 10.0. The van der Waals surface area contributed by atoms with Crippen molar-refractivity contribution in [1.82, 2.24) is 0 Å². The summed E-state index contributed by atoms with van der Waals surface area (Å²) in [4.78, 5) is 23.4. The lowest BCUT2D eigenvalue weighted by molar-refractivity contribution is -0.155. The van der Waals surface area contributed by atoms with Gasteiger partial charge in [-0.2, -0.15) is 0 Å². The molecule has 21 heavy (non-hydrogen) atoms. The van der Waals surface area contributed by atoms with Gasteiger partial charge in [-0.15, -0.1) is 0 Å². The summed E-state index contributed by atoms with van der Waals surface area (Å²) in [5.74, 6) is -0.398. The average Bonchev–Trinajstić information content (AvgIpc) is 2.36. The molecule has 0 spiro atoms. The number of esters is 1. The molecule has 0 amide bonds. The molecule has 1 aromatic carbocycles. The zero-order valence-electron chi connectivity index (χ0n) is 12.8. The normalized spacial score (nSPS) is 12.8. The Morgan fingerprint density at radius 2 is 1.76 bits per heavy atom.